The normalized spacial score (nSPS) is 11.3. The van der Waals surface area contributed by atoms with Crippen LogP contribution in [0.4, 0.5) is 4.79 Å². The molecule has 0 atom stereocenters. The van der Waals surface area contributed by atoms with Gasteiger partial charge in [-0.3, -0.25) is 0 Å². The minimum atomic E-state index is -0.450. The summed E-state index contributed by atoms with van der Waals surface area (Å²) in [6.45, 7) is 8.02. The standard InChI is InChI=1S/C13H28N2O3/c1-13(2,3)18-12(16)15-9-11-17-10-7-5-4-6-8-14/h4-11,14H2,1-3H3,(H,15,16). The summed E-state index contributed by atoms with van der Waals surface area (Å²) >= 11 is 0. The van der Waals surface area contributed by atoms with Crippen LogP contribution in [0.5, 0.6) is 0 Å². The Kier molecular flexibility index (Phi) is 9.69. The number of carbonyl (C=O) groups is 1. The fraction of sp³-hybridized carbons (Fsp3) is 0.923. The molecular weight excluding hydrogens is 232 g/mol. The van der Waals surface area contributed by atoms with Gasteiger partial charge < -0.3 is 20.5 Å². The Morgan fingerprint density at radius 2 is 1.78 bits per heavy atom. The number of ether oxygens (including phenoxy) is 2. The van der Waals surface area contributed by atoms with Gasteiger partial charge in [-0.2, -0.15) is 0 Å². The molecule has 0 heterocycles. The summed E-state index contributed by atoms with van der Waals surface area (Å²) in [4.78, 5) is 11.3. The number of amides is 1. The molecule has 0 radical (unpaired) electrons. The van der Waals surface area contributed by atoms with E-state index in [4.69, 9.17) is 15.2 Å². The molecule has 5 nitrogen and oxygen atoms in total. The van der Waals surface area contributed by atoms with Crippen LogP contribution < -0.4 is 11.1 Å². The topological polar surface area (TPSA) is 73.6 Å². The van der Waals surface area contributed by atoms with Gasteiger partial charge in [-0.05, 0) is 40.2 Å². The van der Waals surface area contributed by atoms with Crippen molar-refractivity contribution in [1.82, 2.24) is 5.32 Å². The van der Waals surface area contributed by atoms with Crippen molar-refractivity contribution in [2.24, 2.45) is 5.73 Å². The van der Waals surface area contributed by atoms with E-state index in [9.17, 15) is 4.79 Å². The third-order valence-corrected chi connectivity index (χ3v) is 2.16. The highest BCUT2D eigenvalue weighted by atomic mass is 16.6. The number of nitrogens with one attached hydrogen (secondary N) is 1. The number of nitrogens with two attached hydrogens (primary N) is 1. The minimum absolute atomic E-state index is 0.394. The molecule has 108 valence electrons. The van der Waals surface area contributed by atoms with E-state index in [1.807, 2.05) is 20.8 Å². The van der Waals surface area contributed by atoms with Crippen molar-refractivity contribution in [1.29, 1.82) is 0 Å². The molecule has 0 aliphatic heterocycles. The van der Waals surface area contributed by atoms with E-state index in [1.165, 1.54) is 0 Å². The average Bonchev–Trinajstić information content (AvgIpc) is 2.24. The highest BCUT2D eigenvalue weighted by Gasteiger charge is 2.15. The molecular formula is C13H28N2O3. The molecule has 0 aromatic rings. The summed E-state index contributed by atoms with van der Waals surface area (Å²) in [5, 5.41) is 2.65. The first-order chi connectivity index (χ1) is 8.45. The van der Waals surface area contributed by atoms with Crippen LogP contribution in [0.1, 0.15) is 46.5 Å². The number of carbonyl (C=O) groups excluding carboxylic acids is 1. The second-order valence-electron chi connectivity index (χ2n) is 5.24. The number of hydrogen-bond acceptors (Lipinski definition) is 4. The van der Waals surface area contributed by atoms with Crippen molar-refractivity contribution in [3.63, 3.8) is 0 Å². The molecule has 0 aliphatic carbocycles. The lowest BCUT2D eigenvalue weighted by molar-refractivity contribution is 0.0498. The number of alkyl carbamates (subject to hydrolysis) is 1. The number of unbranched alkanes of at least 4 members (excludes halogenated alkanes) is 3. The van der Waals surface area contributed by atoms with Gasteiger partial charge in [0.25, 0.3) is 0 Å². The molecule has 0 unspecified atom stereocenters. The molecule has 0 aromatic carbocycles. The zero-order valence-electron chi connectivity index (χ0n) is 12.0. The van der Waals surface area contributed by atoms with Crippen LogP contribution in [0.3, 0.4) is 0 Å². The molecule has 0 bridgehead atoms. The van der Waals surface area contributed by atoms with Crippen molar-refractivity contribution in [2.75, 3.05) is 26.3 Å². The van der Waals surface area contributed by atoms with Gasteiger partial charge in [0, 0.05) is 13.2 Å². The first kappa shape index (κ1) is 17.2. The van der Waals surface area contributed by atoms with Crippen LogP contribution in [-0.4, -0.2) is 38.0 Å². The lowest BCUT2D eigenvalue weighted by atomic mass is 10.2. The zero-order valence-corrected chi connectivity index (χ0v) is 12.0. The van der Waals surface area contributed by atoms with Crippen LogP contribution in [-0.2, 0) is 9.47 Å². The molecule has 0 saturated carbocycles. The van der Waals surface area contributed by atoms with Gasteiger partial charge in [0.05, 0.1) is 6.61 Å². The third kappa shape index (κ3) is 13.3. The van der Waals surface area contributed by atoms with E-state index < -0.39 is 11.7 Å². The van der Waals surface area contributed by atoms with Crippen LogP contribution in [0.15, 0.2) is 0 Å². The average molecular weight is 260 g/mol. The van der Waals surface area contributed by atoms with Gasteiger partial charge in [0.2, 0.25) is 0 Å². The van der Waals surface area contributed by atoms with Crippen LogP contribution in [0.2, 0.25) is 0 Å². The molecule has 3 N–H and O–H groups in total. The van der Waals surface area contributed by atoms with E-state index in [1.54, 1.807) is 0 Å². The fourth-order valence-electron chi connectivity index (χ4n) is 1.34. The Labute approximate surface area is 110 Å². The molecule has 18 heavy (non-hydrogen) atoms. The quantitative estimate of drug-likeness (QED) is 0.622. The fourth-order valence-corrected chi connectivity index (χ4v) is 1.34. The van der Waals surface area contributed by atoms with E-state index in [0.717, 1.165) is 38.8 Å². The van der Waals surface area contributed by atoms with E-state index in [-0.39, 0.29) is 0 Å². The van der Waals surface area contributed by atoms with Crippen molar-refractivity contribution >= 4 is 6.09 Å². The van der Waals surface area contributed by atoms with Gasteiger partial charge in [-0.25, -0.2) is 4.79 Å². The van der Waals surface area contributed by atoms with Crippen molar-refractivity contribution in [3.8, 4) is 0 Å². The van der Waals surface area contributed by atoms with Gasteiger partial charge in [-0.1, -0.05) is 12.8 Å². The summed E-state index contributed by atoms with van der Waals surface area (Å²) in [5.41, 5.74) is 4.95. The smallest absolute Gasteiger partial charge is 0.407 e. The van der Waals surface area contributed by atoms with Crippen molar-refractivity contribution in [2.45, 2.75) is 52.1 Å². The summed E-state index contributed by atoms with van der Waals surface area (Å²) in [5.74, 6) is 0. The minimum Gasteiger partial charge on any atom is -0.444 e. The van der Waals surface area contributed by atoms with Gasteiger partial charge >= 0.3 is 6.09 Å². The lowest BCUT2D eigenvalue weighted by Crippen LogP contribution is -2.34. The second-order valence-corrected chi connectivity index (χ2v) is 5.24. The molecule has 0 spiro atoms. The van der Waals surface area contributed by atoms with Gasteiger partial charge in [0.1, 0.15) is 5.60 Å². The van der Waals surface area contributed by atoms with Gasteiger partial charge in [-0.15, -0.1) is 0 Å². The monoisotopic (exact) mass is 260 g/mol. The van der Waals surface area contributed by atoms with Crippen LogP contribution in [0.25, 0.3) is 0 Å². The van der Waals surface area contributed by atoms with Crippen LogP contribution in [0, 0.1) is 0 Å². The van der Waals surface area contributed by atoms with E-state index in [2.05, 4.69) is 5.32 Å². The third-order valence-electron chi connectivity index (χ3n) is 2.16. The SMILES string of the molecule is CC(C)(C)OC(=O)NCCOCCCCCCN. The van der Waals surface area contributed by atoms with E-state index in [0.29, 0.717) is 13.2 Å². The van der Waals surface area contributed by atoms with Crippen molar-refractivity contribution in [3.05, 3.63) is 0 Å². The first-order valence-electron chi connectivity index (χ1n) is 6.70. The number of hydrogen-bond donors (Lipinski definition) is 2. The summed E-state index contributed by atoms with van der Waals surface area (Å²) < 4.78 is 10.5. The molecule has 5 heteroatoms. The summed E-state index contributed by atoms with van der Waals surface area (Å²) in [7, 11) is 0. The zero-order chi connectivity index (χ0) is 13.9. The Bertz CT molecular complexity index is 215. The maximum Gasteiger partial charge on any atom is 0.407 e. The molecule has 0 aliphatic rings. The van der Waals surface area contributed by atoms with Crippen LogP contribution >= 0.6 is 0 Å². The Hall–Kier alpha value is -0.810. The molecule has 0 saturated heterocycles. The predicted molar refractivity (Wildman–Crippen MR) is 72.6 cm³/mol. The maximum absolute atomic E-state index is 11.3. The summed E-state index contributed by atoms with van der Waals surface area (Å²) in [6.07, 6.45) is 4.05. The van der Waals surface area contributed by atoms with Gasteiger partial charge in [0.15, 0.2) is 0 Å². The largest absolute Gasteiger partial charge is 0.444 e. The lowest BCUT2D eigenvalue weighted by Gasteiger charge is -2.19. The second kappa shape index (κ2) is 10.1. The Balaban J connectivity index is 3.23. The van der Waals surface area contributed by atoms with E-state index >= 15 is 0 Å². The number of rotatable bonds is 9. The highest BCUT2D eigenvalue weighted by Crippen LogP contribution is 2.06. The Morgan fingerprint density at radius 3 is 2.39 bits per heavy atom. The maximum atomic E-state index is 11.3. The van der Waals surface area contributed by atoms with Crippen molar-refractivity contribution < 1.29 is 14.3 Å². The molecule has 1 amide bonds. The summed E-state index contributed by atoms with van der Waals surface area (Å²) in [6, 6.07) is 0. The molecule has 0 aromatic heterocycles. The molecule has 0 rings (SSSR count). The predicted octanol–water partition coefficient (Wildman–Crippen LogP) is 2.05. The first-order valence-corrected chi connectivity index (χ1v) is 6.70. The highest BCUT2D eigenvalue weighted by molar-refractivity contribution is 5.67. The Morgan fingerprint density at radius 1 is 1.11 bits per heavy atom. The molecule has 0 fully saturated rings.